The fourth-order valence-corrected chi connectivity index (χ4v) is 2.79. The summed E-state index contributed by atoms with van der Waals surface area (Å²) in [4.78, 5) is 3.42. The van der Waals surface area contributed by atoms with Gasteiger partial charge in [-0.15, -0.1) is 0 Å². The van der Waals surface area contributed by atoms with E-state index in [0.717, 1.165) is 52.3 Å². The zero-order chi connectivity index (χ0) is 15.0. The number of aryl methyl sites for hydroxylation is 1. The van der Waals surface area contributed by atoms with Crippen LogP contribution in [0.25, 0.3) is 10.9 Å². The van der Waals surface area contributed by atoms with Crippen LogP contribution in [0.2, 0.25) is 5.02 Å². The Bertz CT molecular complexity index is 672. The van der Waals surface area contributed by atoms with E-state index < -0.39 is 0 Å². The molecule has 4 N–H and O–H groups in total. The summed E-state index contributed by atoms with van der Waals surface area (Å²) in [5.74, 6) is 6.73. The minimum atomic E-state index is 0.457. The maximum atomic E-state index is 6.26. The number of halogens is 1. The molecule has 3 rings (SSSR count). The molecule has 21 heavy (non-hydrogen) atoms. The van der Waals surface area contributed by atoms with Crippen molar-refractivity contribution >= 4 is 22.5 Å². The predicted molar refractivity (Wildman–Crippen MR) is 87.7 cm³/mol. The number of nitrogens with zero attached hydrogens (tertiary/aromatic N) is 1. The third-order valence-corrected chi connectivity index (χ3v) is 4.31. The van der Waals surface area contributed by atoms with Crippen molar-refractivity contribution in [2.24, 2.45) is 5.84 Å². The molecule has 1 aliphatic rings. The standard InChI is InChI=1S/C16H21ClN4/c1-3-11-8-16-12(7-15(11)17)6-13(20-16)9-19-10(2)21(18)14-4-5-14/h6-8,14,19-20H,2-5,9,18H2,1H3. The highest BCUT2D eigenvalue weighted by molar-refractivity contribution is 6.32. The molecule has 0 radical (unpaired) electrons. The second-order valence-electron chi connectivity index (χ2n) is 5.62. The van der Waals surface area contributed by atoms with E-state index in [1.807, 2.05) is 6.07 Å². The first-order valence-electron chi connectivity index (χ1n) is 7.35. The number of rotatable bonds is 6. The van der Waals surface area contributed by atoms with Crippen LogP contribution in [0.4, 0.5) is 0 Å². The smallest absolute Gasteiger partial charge is 0.109 e. The Morgan fingerprint density at radius 3 is 2.90 bits per heavy atom. The molecule has 1 saturated carbocycles. The Morgan fingerprint density at radius 1 is 1.48 bits per heavy atom. The lowest BCUT2D eigenvalue weighted by molar-refractivity contribution is 0.321. The highest BCUT2D eigenvalue weighted by Gasteiger charge is 2.27. The van der Waals surface area contributed by atoms with Gasteiger partial charge in [0.05, 0.1) is 6.54 Å². The summed E-state index contributed by atoms with van der Waals surface area (Å²) < 4.78 is 0. The van der Waals surface area contributed by atoms with Crippen molar-refractivity contribution in [1.82, 2.24) is 15.3 Å². The molecule has 1 heterocycles. The summed E-state index contributed by atoms with van der Waals surface area (Å²) in [7, 11) is 0. The number of aromatic amines is 1. The van der Waals surface area contributed by atoms with Crippen LogP contribution in [0.5, 0.6) is 0 Å². The van der Waals surface area contributed by atoms with Crippen molar-refractivity contribution in [2.45, 2.75) is 38.8 Å². The Hall–Kier alpha value is -1.65. The molecule has 1 fully saturated rings. The number of H-pyrrole nitrogens is 1. The SMILES string of the molecule is C=C(NCc1cc2cc(Cl)c(CC)cc2[nH]1)N(N)C1CC1. The van der Waals surface area contributed by atoms with E-state index in [1.54, 1.807) is 5.01 Å². The summed E-state index contributed by atoms with van der Waals surface area (Å²) in [6.45, 7) is 6.76. The van der Waals surface area contributed by atoms with Gasteiger partial charge in [0.2, 0.25) is 0 Å². The lowest BCUT2D eigenvalue weighted by atomic mass is 10.1. The molecule has 0 unspecified atom stereocenters. The summed E-state index contributed by atoms with van der Waals surface area (Å²) in [6.07, 6.45) is 3.24. The Kier molecular flexibility index (Phi) is 3.83. The molecular formula is C16H21ClN4. The average molecular weight is 305 g/mol. The molecule has 0 aliphatic heterocycles. The second kappa shape index (κ2) is 5.62. The number of fused-ring (bicyclic) bond motifs is 1. The topological polar surface area (TPSA) is 57.1 Å². The lowest BCUT2D eigenvalue weighted by Gasteiger charge is -2.21. The quantitative estimate of drug-likeness (QED) is 0.567. The molecule has 0 bridgehead atoms. The molecule has 5 heteroatoms. The average Bonchev–Trinajstić information content (AvgIpc) is 3.24. The Labute approximate surface area is 129 Å². The van der Waals surface area contributed by atoms with Gasteiger partial charge >= 0.3 is 0 Å². The van der Waals surface area contributed by atoms with Gasteiger partial charge in [0.15, 0.2) is 0 Å². The van der Waals surface area contributed by atoms with Gasteiger partial charge in [-0.2, -0.15) is 0 Å². The van der Waals surface area contributed by atoms with Crippen LogP contribution in [-0.2, 0) is 13.0 Å². The maximum Gasteiger partial charge on any atom is 0.109 e. The zero-order valence-electron chi connectivity index (χ0n) is 12.2. The first kappa shape index (κ1) is 14.3. The molecule has 4 nitrogen and oxygen atoms in total. The summed E-state index contributed by atoms with van der Waals surface area (Å²) in [5.41, 5.74) is 3.38. The van der Waals surface area contributed by atoms with Gasteiger partial charge in [0.1, 0.15) is 5.82 Å². The third kappa shape index (κ3) is 3.01. The van der Waals surface area contributed by atoms with Crippen molar-refractivity contribution in [2.75, 3.05) is 0 Å². The van der Waals surface area contributed by atoms with Crippen molar-refractivity contribution in [3.8, 4) is 0 Å². The minimum absolute atomic E-state index is 0.457. The number of hydrazine groups is 1. The third-order valence-electron chi connectivity index (χ3n) is 3.96. The first-order valence-corrected chi connectivity index (χ1v) is 7.73. The molecule has 2 aromatic rings. The van der Waals surface area contributed by atoms with E-state index >= 15 is 0 Å². The van der Waals surface area contributed by atoms with Gasteiger partial charge in [0.25, 0.3) is 0 Å². The molecule has 0 amide bonds. The number of nitrogens with one attached hydrogen (secondary N) is 2. The van der Waals surface area contributed by atoms with E-state index in [1.165, 1.54) is 0 Å². The fraction of sp³-hybridized carbons (Fsp3) is 0.375. The number of hydrogen-bond acceptors (Lipinski definition) is 3. The van der Waals surface area contributed by atoms with Gasteiger partial charge in [-0.1, -0.05) is 25.1 Å². The normalized spacial score (nSPS) is 14.4. The van der Waals surface area contributed by atoms with Crippen LogP contribution < -0.4 is 11.2 Å². The van der Waals surface area contributed by atoms with Crippen molar-refractivity contribution in [1.29, 1.82) is 0 Å². The molecule has 0 atom stereocenters. The second-order valence-corrected chi connectivity index (χ2v) is 6.02. The van der Waals surface area contributed by atoms with Crippen LogP contribution >= 0.6 is 11.6 Å². The van der Waals surface area contributed by atoms with Crippen LogP contribution in [0.3, 0.4) is 0 Å². The van der Waals surface area contributed by atoms with Crippen LogP contribution in [0.1, 0.15) is 31.0 Å². The summed E-state index contributed by atoms with van der Waals surface area (Å²) in [5, 5.41) is 6.96. The van der Waals surface area contributed by atoms with Gasteiger partial charge in [0, 0.05) is 27.7 Å². The van der Waals surface area contributed by atoms with Crippen molar-refractivity contribution in [3.63, 3.8) is 0 Å². The summed E-state index contributed by atoms with van der Waals surface area (Å²) >= 11 is 6.26. The number of hydrogen-bond donors (Lipinski definition) is 3. The van der Waals surface area contributed by atoms with Gasteiger partial charge in [-0.3, -0.25) is 5.01 Å². The molecule has 1 aliphatic carbocycles. The number of aromatic nitrogens is 1. The van der Waals surface area contributed by atoms with E-state index in [0.29, 0.717) is 12.6 Å². The van der Waals surface area contributed by atoms with Crippen LogP contribution in [0.15, 0.2) is 30.6 Å². The molecule has 1 aromatic heterocycles. The van der Waals surface area contributed by atoms with E-state index in [2.05, 4.69) is 35.9 Å². The number of benzene rings is 1. The highest BCUT2D eigenvalue weighted by Crippen LogP contribution is 2.27. The monoisotopic (exact) mass is 304 g/mol. The van der Waals surface area contributed by atoms with Crippen molar-refractivity contribution < 1.29 is 0 Å². The van der Waals surface area contributed by atoms with Gasteiger partial charge in [-0.25, -0.2) is 5.84 Å². The summed E-state index contributed by atoms with van der Waals surface area (Å²) in [6, 6.07) is 6.71. The highest BCUT2D eigenvalue weighted by atomic mass is 35.5. The zero-order valence-corrected chi connectivity index (χ0v) is 13.0. The van der Waals surface area contributed by atoms with Crippen LogP contribution in [-0.4, -0.2) is 16.0 Å². The molecule has 112 valence electrons. The Balaban J connectivity index is 1.71. The molecule has 0 spiro atoms. The predicted octanol–water partition coefficient (Wildman–Crippen LogP) is 3.28. The molecule has 1 aromatic carbocycles. The van der Waals surface area contributed by atoms with Gasteiger partial charge < -0.3 is 10.3 Å². The Morgan fingerprint density at radius 2 is 2.24 bits per heavy atom. The molecule has 0 saturated heterocycles. The van der Waals surface area contributed by atoms with E-state index in [4.69, 9.17) is 17.4 Å². The largest absolute Gasteiger partial charge is 0.366 e. The lowest BCUT2D eigenvalue weighted by Crippen LogP contribution is -2.38. The molecular weight excluding hydrogens is 284 g/mol. The fourth-order valence-electron chi connectivity index (χ4n) is 2.49. The minimum Gasteiger partial charge on any atom is -0.366 e. The first-order chi connectivity index (χ1) is 10.1. The van der Waals surface area contributed by atoms with Crippen LogP contribution in [0, 0.1) is 0 Å². The van der Waals surface area contributed by atoms with E-state index in [9.17, 15) is 0 Å². The van der Waals surface area contributed by atoms with Crippen molar-refractivity contribution in [3.05, 3.63) is 46.9 Å². The van der Waals surface area contributed by atoms with Gasteiger partial charge in [-0.05, 0) is 43.0 Å². The van der Waals surface area contributed by atoms with E-state index in [-0.39, 0.29) is 0 Å². The maximum absolute atomic E-state index is 6.26. The number of nitrogens with two attached hydrogens (primary N) is 1.